The Morgan fingerprint density at radius 3 is 1.84 bits per heavy atom. The number of nitrogens with zero attached hydrogens (tertiary/aromatic N) is 3. The minimum absolute atomic E-state index is 0.0135. The summed E-state index contributed by atoms with van der Waals surface area (Å²) < 4.78 is 17.4. The third-order valence-electron chi connectivity index (χ3n) is 20.1. The predicted molar refractivity (Wildman–Crippen MR) is 456 cm³/mol. The van der Waals surface area contributed by atoms with Crippen LogP contribution in [0.25, 0.3) is 0 Å². The number of thiazole rings is 1. The maximum atomic E-state index is 15.2. The van der Waals surface area contributed by atoms with Crippen LogP contribution in [-0.2, 0) is 95.9 Å². The minimum atomic E-state index is -2.00. The number of hydrogen-bond donors (Lipinski definition) is 18. The summed E-state index contributed by atoms with van der Waals surface area (Å²) in [6.45, 7) is 13.4. The Morgan fingerprint density at radius 1 is 0.624 bits per heavy atom. The van der Waals surface area contributed by atoms with Gasteiger partial charge >= 0.3 is 59.9 Å². The molecular weight excluding hydrogens is 1700 g/mol. The topological polar surface area (TPSA) is 611 Å². The number of nitrogens with one attached hydrogen (secondary N) is 11. The number of phenolic OH excluding ortho intramolecular Hbond substituents is 1. The van der Waals surface area contributed by atoms with E-state index >= 15 is 4.79 Å². The van der Waals surface area contributed by atoms with E-state index in [0.717, 1.165) is 84.4 Å². The number of aromatic nitrogens is 1. The van der Waals surface area contributed by atoms with Gasteiger partial charge in [0.1, 0.15) is 66.0 Å². The van der Waals surface area contributed by atoms with E-state index in [2.05, 4.69) is 65.3 Å². The number of rotatable bonds is 58. The molecule has 125 heavy (non-hydrogen) atoms. The monoisotopic (exact) mass is 1820 g/mol. The number of piperidine rings is 1. The molecule has 0 spiro atoms. The van der Waals surface area contributed by atoms with Crippen LogP contribution in [0.5, 0.6) is 5.75 Å². The lowest BCUT2D eigenvalue weighted by molar-refractivity contribution is -0.153. The molecule has 2 aromatic carbocycles. The first-order valence-electron chi connectivity index (χ1n) is 41.3. The zero-order valence-electron chi connectivity index (χ0n) is 71.4. The van der Waals surface area contributed by atoms with Crippen molar-refractivity contribution in [1.29, 1.82) is 0 Å². The maximum Gasteiger partial charge on any atom is 0.426 e. The molecule has 4 rings (SSSR count). The van der Waals surface area contributed by atoms with Gasteiger partial charge in [0.25, 0.3) is 5.91 Å². The van der Waals surface area contributed by atoms with Crippen molar-refractivity contribution in [2.24, 2.45) is 17.8 Å². The van der Waals surface area contributed by atoms with E-state index in [1.165, 1.54) is 55.6 Å². The van der Waals surface area contributed by atoms with Crippen molar-refractivity contribution in [2.75, 3.05) is 51.6 Å². The molecule has 18 N–H and O–H groups in total. The number of esters is 1. The number of aliphatic carboxylic acids is 6. The van der Waals surface area contributed by atoms with Gasteiger partial charge in [0.2, 0.25) is 35.4 Å². The van der Waals surface area contributed by atoms with Gasteiger partial charge in [0.15, 0.2) is 6.10 Å². The maximum absolute atomic E-state index is 15.2. The molecule has 0 aliphatic carbocycles. The molecule has 1 unspecified atom stereocenters. The summed E-state index contributed by atoms with van der Waals surface area (Å²) in [5.41, 5.74) is 5.94. The lowest BCUT2D eigenvalue weighted by Crippen LogP contribution is -2.59. The molecule has 41 nitrogen and oxygen atoms in total. The van der Waals surface area contributed by atoms with E-state index in [1.807, 2.05) is 45.0 Å². The largest absolute Gasteiger partial charge is 0.508 e. The number of phenols is 1. The second-order valence-corrected chi connectivity index (χ2v) is 34.1. The number of carboxylic acids is 6. The molecule has 1 saturated heterocycles. The smallest absolute Gasteiger partial charge is 0.426 e. The normalized spacial score (nSPS) is 15.2. The minimum Gasteiger partial charge on any atom is -0.508 e. The average Bonchev–Trinajstić information content (AvgIpc) is 1.76. The number of benzene rings is 2. The molecule has 1 aliphatic rings. The number of aromatic hydroxyl groups is 1. The lowest BCUT2D eigenvalue weighted by atomic mass is 9.92. The number of carboxylic acid groups (broad SMARTS) is 6. The fourth-order valence-electron chi connectivity index (χ4n) is 13.0. The van der Waals surface area contributed by atoms with Crippen LogP contribution in [0.15, 0.2) is 53.9 Å². The van der Waals surface area contributed by atoms with Gasteiger partial charge in [-0.2, -0.15) is 0 Å². The first-order chi connectivity index (χ1) is 59.3. The summed E-state index contributed by atoms with van der Waals surface area (Å²) >= 11 is 1.06. The van der Waals surface area contributed by atoms with Crippen LogP contribution in [0.2, 0.25) is 0 Å². The van der Waals surface area contributed by atoms with Gasteiger partial charge in [-0.3, -0.25) is 63.1 Å². The highest BCUT2D eigenvalue weighted by Crippen LogP contribution is 2.33. The number of amides is 12. The Hall–Kier alpha value is -11.1. The first-order valence-corrected chi connectivity index (χ1v) is 44.6. The Balaban J connectivity index is 1.29. The van der Waals surface area contributed by atoms with Crippen molar-refractivity contribution in [3.05, 3.63) is 81.3 Å². The van der Waals surface area contributed by atoms with E-state index in [9.17, 15) is 107 Å². The second kappa shape index (κ2) is 56.7. The predicted octanol–water partition coefficient (Wildman–Crippen LogP) is 4.93. The number of carbonyl (C=O) groups excluding carboxylic acids is 11. The number of urea groups is 2. The van der Waals surface area contributed by atoms with Crippen molar-refractivity contribution in [1.82, 2.24) is 73.5 Å². The zero-order chi connectivity index (χ0) is 92.8. The Morgan fingerprint density at radius 2 is 1.24 bits per heavy atom. The van der Waals surface area contributed by atoms with E-state index in [-0.39, 0.29) is 117 Å². The summed E-state index contributed by atoms with van der Waals surface area (Å²) in [6, 6.07) is -0.881. The summed E-state index contributed by atoms with van der Waals surface area (Å²) in [4.78, 5) is 226. The molecule has 1 fully saturated rings. The molecular formula is C81H120N14O27S3. The number of hydrogen-bond acceptors (Lipinski definition) is 26. The molecule has 44 heteroatoms. The number of ether oxygens (including phenoxy) is 3. The van der Waals surface area contributed by atoms with Gasteiger partial charge in [-0.25, -0.2) is 39.2 Å². The van der Waals surface area contributed by atoms with Crippen molar-refractivity contribution < 1.29 is 131 Å². The van der Waals surface area contributed by atoms with Gasteiger partial charge in [0.05, 0.1) is 25.3 Å². The van der Waals surface area contributed by atoms with Crippen LogP contribution in [-0.4, -0.2) is 258 Å². The van der Waals surface area contributed by atoms with Crippen LogP contribution >= 0.6 is 32.9 Å². The molecule has 0 radical (unpaired) electrons. The van der Waals surface area contributed by atoms with Crippen molar-refractivity contribution in [3.8, 4) is 5.75 Å². The second-order valence-electron chi connectivity index (χ2n) is 30.6. The Labute approximate surface area is 735 Å². The highest BCUT2D eigenvalue weighted by atomic mass is 33.1. The lowest BCUT2D eigenvalue weighted by Gasteiger charge is -2.40. The van der Waals surface area contributed by atoms with Gasteiger partial charge < -0.3 is 103 Å². The number of likely N-dealkylation sites (N-methyl/N-ethyl adjacent to an activating group) is 1. The summed E-state index contributed by atoms with van der Waals surface area (Å²) in [6.07, 6.45) is 2.70. The van der Waals surface area contributed by atoms with Crippen LogP contribution in [0.4, 0.5) is 14.4 Å². The van der Waals surface area contributed by atoms with Crippen molar-refractivity contribution in [3.63, 3.8) is 0 Å². The van der Waals surface area contributed by atoms with Crippen LogP contribution in [0.1, 0.15) is 202 Å². The van der Waals surface area contributed by atoms with Crippen LogP contribution in [0.3, 0.4) is 0 Å². The van der Waals surface area contributed by atoms with E-state index < -0.39 is 188 Å². The molecule has 694 valence electrons. The standard InChI is InChI=1S/C81H120N14O27S3/c1-9-11-12-13-18-33-120-45-95(75(110)68(47(5)10-2)91-73(109)61-20-15-17-32-94(61)8)62(46(3)4)41-63(122-49(7)96)74-88-59(43-123-74)72(108)84-53(37-50-25-27-54(97)28-26-50)36-48(6)69(105)92-93-81(119)121-34-35-124-125-44-60(78(115)116)87-71(107)58(40-67(103)104)86-70(106)57(39-66(101)102)85-64(98)38-51-21-23-52(24-22-51)42-83-79(117)82-31-16-14-19-55(76(111)112)89-80(118)90-56(77(113)114)29-30-65(99)100/h21-28,43,46-48,53,55-58,60-63,68,97H,9-20,29-42,44-45H2,1-8H3,(H,84,108)(H,85,98)(H,86,106)(H,87,107)(H,91,109)(H,92,105)(H,93,119)(H,99,100)(H,101,102)(H,103,104)(H,111,112)(H,113,114)(H,115,116)(H2,82,83,117)(H2,89,90,118)/t47?,48-,53+,55-,56-,57-,58-,60-,61+,62+,63+,68-/m0/s1. The molecule has 1 aliphatic heterocycles. The molecule has 0 bridgehead atoms. The Kier molecular flexibility index (Phi) is 48.2. The molecule has 12 amide bonds. The van der Waals surface area contributed by atoms with E-state index in [1.54, 1.807) is 17.0 Å². The fraction of sp³-hybridized carbons (Fsp3) is 0.605. The van der Waals surface area contributed by atoms with E-state index in [4.69, 9.17) is 19.3 Å². The van der Waals surface area contributed by atoms with Crippen LogP contribution in [0, 0.1) is 17.8 Å². The van der Waals surface area contributed by atoms with Gasteiger partial charge in [-0.15, -0.1) is 11.3 Å². The van der Waals surface area contributed by atoms with Crippen molar-refractivity contribution >= 4 is 134 Å². The summed E-state index contributed by atoms with van der Waals surface area (Å²) in [5.74, 6) is -17.0. The summed E-state index contributed by atoms with van der Waals surface area (Å²) in [5, 5.41) is 90.6. The molecule has 12 atom stereocenters. The summed E-state index contributed by atoms with van der Waals surface area (Å²) in [7, 11) is 3.76. The average molecular weight is 1820 g/mol. The molecule has 1 aromatic heterocycles. The quantitative estimate of drug-likeness (QED) is 0.0117. The van der Waals surface area contributed by atoms with Gasteiger partial charge in [-0.1, -0.05) is 138 Å². The van der Waals surface area contributed by atoms with Crippen molar-refractivity contribution in [2.45, 2.75) is 244 Å². The fourth-order valence-corrected chi connectivity index (χ4v) is 15.8. The van der Waals surface area contributed by atoms with Crippen LogP contribution < -0.4 is 58.7 Å². The highest BCUT2D eigenvalue weighted by molar-refractivity contribution is 8.76. The van der Waals surface area contributed by atoms with Gasteiger partial charge in [0, 0.05) is 74.3 Å². The SMILES string of the molecule is CCCCCCCOCN(C(=O)[C@@H](NC(=O)[C@H]1CCCCN1C)C(C)CC)[C@H](C[C@@H](OC(C)=O)c1nc(C(=O)N[C@@H](Cc2ccc(O)cc2)C[C@H](C)C(=O)NNC(=O)OCCSSC[C@H](NC(=O)[C@H](CC(=O)O)NC(=O)[C@H](CC(=O)O)NC(=O)Cc2ccc(CNC(=O)NCCCC[C@H](NC(=O)N[C@@H](CCC(=O)O)C(=O)O)C(=O)O)cc2)C(=O)O)cs1)C(C)C. The first kappa shape index (κ1) is 106. The van der Waals surface area contributed by atoms with Gasteiger partial charge in [-0.05, 0) is 112 Å². The van der Waals surface area contributed by atoms with E-state index in [0.29, 0.717) is 36.1 Å². The molecule has 3 aromatic rings. The molecule has 0 saturated carbocycles. The zero-order valence-corrected chi connectivity index (χ0v) is 73.8. The number of unbranched alkanes of at least 4 members (excludes halogenated alkanes) is 5. The number of likely N-dealkylation sites (tertiary alicyclic amines) is 1. The third kappa shape index (κ3) is 41.0. The highest BCUT2D eigenvalue weighted by Gasteiger charge is 2.40. The number of carbonyl (C=O) groups is 17. The third-order valence-corrected chi connectivity index (χ3v) is 23.4. The number of hydrazine groups is 1. The Bertz CT molecular complexity index is 4070. The molecule has 2 heterocycles.